The highest BCUT2D eigenvalue weighted by molar-refractivity contribution is 4.92. The van der Waals surface area contributed by atoms with Gasteiger partial charge in [-0.1, -0.05) is 0 Å². The number of aliphatic hydroxyl groups excluding tert-OH is 1. The minimum absolute atomic E-state index is 0.281. The quantitative estimate of drug-likeness (QED) is 0.696. The second kappa shape index (κ2) is 3.92. The van der Waals surface area contributed by atoms with Crippen molar-refractivity contribution in [1.82, 2.24) is 10.2 Å². The number of nitrogens with zero attached hydrogens (tertiary/aromatic N) is 1. The summed E-state index contributed by atoms with van der Waals surface area (Å²) >= 11 is 0. The molecule has 2 fully saturated rings. The lowest BCUT2D eigenvalue weighted by molar-refractivity contribution is -0.207. The van der Waals surface area contributed by atoms with Crippen LogP contribution in [0.3, 0.4) is 0 Å². The molecule has 2 aliphatic rings. The molecule has 0 aromatic carbocycles. The number of halogens is 3. The van der Waals surface area contributed by atoms with E-state index < -0.39 is 12.3 Å². The maximum Gasteiger partial charge on any atom is 0.415 e. The molecule has 2 saturated heterocycles. The fourth-order valence-electron chi connectivity index (χ4n) is 2.45. The third kappa shape index (κ3) is 2.43. The average Bonchev–Trinajstić information content (AvgIpc) is 2.61. The van der Waals surface area contributed by atoms with Gasteiger partial charge < -0.3 is 10.4 Å². The van der Waals surface area contributed by atoms with Crippen LogP contribution >= 0.6 is 0 Å². The number of aliphatic hydroxyl groups is 1. The summed E-state index contributed by atoms with van der Waals surface area (Å²) in [6, 6.07) is 0. The van der Waals surface area contributed by atoms with E-state index in [1.54, 1.807) is 4.90 Å². The normalized spacial score (nSPS) is 34.4. The van der Waals surface area contributed by atoms with Crippen LogP contribution in [-0.2, 0) is 0 Å². The maximum atomic E-state index is 12.1. The lowest BCUT2D eigenvalue weighted by Crippen LogP contribution is -2.41. The van der Waals surface area contributed by atoms with Crippen molar-refractivity contribution in [3.63, 3.8) is 0 Å². The zero-order valence-corrected chi connectivity index (χ0v) is 8.30. The molecule has 0 radical (unpaired) electrons. The Labute approximate surface area is 86.2 Å². The topological polar surface area (TPSA) is 35.5 Å². The second-order valence-electron chi connectivity index (χ2n) is 4.45. The third-order valence-electron chi connectivity index (χ3n) is 3.27. The number of fused-ring (bicyclic) bond motifs is 1. The van der Waals surface area contributed by atoms with Gasteiger partial charge in [-0.3, -0.25) is 4.90 Å². The molecule has 3 nitrogen and oxygen atoms in total. The molecule has 1 unspecified atom stereocenters. The molecule has 2 aliphatic heterocycles. The molecule has 88 valence electrons. The van der Waals surface area contributed by atoms with Crippen molar-refractivity contribution >= 4 is 0 Å². The number of hydrogen-bond acceptors (Lipinski definition) is 3. The molecule has 3 atom stereocenters. The summed E-state index contributed by atoms with van der Waals surface area (Å²) in [7, 11) is 0. The number of alkyl halides is 3. The second-order valence-corrected chi connectivity index (χ2v) is 4.45. The van der Waals surface area contributed by atoms with Crippen LogP contribution in [0.2, 0.25) is 0 Å². The van der Waals surface area contributed by atoms with E-state index in [2.05, 4.69) is 5.32 Å². The molecule has 0 aliphatic carbocycles. The monoisotopic (exact) mass is 224 g/mol. The molecule has 2 N–H and O–H groups in total. The summed E-state index contributed by atoms with van der Waals surface area (Å²) in [4.78, 5) is 1.72. The van der Waals surface area contributed by atoms with E-state index in [1.165, 1.54) is 0 Å². The van der Waals surface area contributed by atoms with Gasteiger partial charge in [-0.2, -0.15) is 13.2 Å². The Bertz CT molecular complexity index is 222. The molecule has 15 heavy (non-hydrogen) atoms. The fourth-order valence-corrected chi connectivity index (χ4v) is 2.45. The van der Waals surface area contributed by atoms with Gasteiger partial charge in [-0.25, -0.2) is 0 Å². The van der Waals surface area contributed by atoms with Crippen molar-refractivity contribution in [3.8, 4) is 0 Å². The van der Waals surface area contributed by atoms with Crippen molar-refractivity contribution in [3.05, 3.63) is 0 Å². The predicted molar refractivity (Wildman–Crippen MR) is 48.4 cm³/mol. The Morgan fingerprint density at radius 2 is 1.80 bits per heavy atom. The smallest absolute Gasteiger partial charge is 0.382 e. The van der Waals surface area contributed by atoms with Crippen molar-refractivity contribution < 1.29 is 18.3 Å². The van der Waals surface area contributed by atoms with Gasteiger partial charge in [0.1, 0.15) is 0 Å². The molecule has 0 spiro atoms. The number of rotatable bonds is 2. The molecule has 0 aromatic heterocycles. The summed E-state index contributed by atoms with van der Waals surface area (Å²) in [5.41, 5.74) is 0. The molecular weight excluding hydrogens is 209 g/mol. The zero-order chi connectivity index (χ0) is 11.1. The van der Waals surface area contributed by atoms with E-state index in [-0.39, 0.29) is 6.54 Å². The van der Waals surface area contributed by atoms with E-state index in [0.717, 1.165) is 13.1 Å². The van der Waals surface area contributed by atoms with E-state index in [4.69, 9.17) is 5.11 Å². The number of nitrogens with one attached hydrogen (secondary N) is 1. The molecule has 2 rings (SSSR count). The first-order chi connectivity index (χ1) is 6.97. The highest BCUT2D eigenvalue weighted by Gasteiger charge is 2.42. The maximum absolute atomic E-state index is 12.1. The van der Waals surface area contributed by atoms with Gasteiger partial charge >= 0.3 is 6.18 Å². The summed E-state index contributed by atoms with van der Waals surface area (Å²) in [5, 5.41) is 12.1. The molecule has 0 bridgehead atoms. The van der Waals surface area contributed by atoms with E-state index >= 15 is 0 Å². The first kappa shape index (κ1) is 11.2. The fraction of sp³-hybridized carbons (Fsp3) is 1.00. The summed E-state index contributed by atoms with van der Waals surface area (Å²) in [5.74, 6) is 0.927. The van der Waals surface area contributed by atoms with Gasteiger partial charge in [0.05, 0.1) is 0 Å². The minimum Gasteiger partial charge on any atom is -0.382 e. The van der Waals surface area contributed by atoms with Gasteiger partial charge in [-0.05, 0) is 24.9 Å². The molecular formula is C9H15F3N2O. The first-order valence-corrected chi connectivity index (χ1v) is 5.14. The Hall–Kier alpha value is -0.330. The van der Waals surface area contributed by atoms with E-state index in [9.17, 15) is 13.2 Å². The van der Waals surface area contributed by atoms with Crippen LogP contribution in [0.4, 0.5) is 13.2 Å². The van der Waals surface area contributed by atoms with Gasteiger partial charge in [0, 0.05) is 19.6 Å². The Kier molecular flexibility index (Phi) is 2.92. The van der Waals surface area contributed by atoms with Crippen LogP contribution in [0.15, 0.2) is 0 Å². The SMILES string of the molecule is OC(CN1C[C@H]2CNC[C@H]2C1)C(F)(F)F. The van der Waals surface area contributed by atoms with Crippen LogP contribution in [0.5, 0.6) is 0 Å². The number of likely N-dealkylation sites (tertiary alicyclic amines) is 1. The van der Waals surface area contributed by atoms with E-state index in [0.29, 0.717) is 24.9 Å². The number of hydrogen-bond donors (Lipinski definition) is 2. The molecule has 2 heterocycles. The van der Waals surface area contributed by atoms with Crippen molar-refractivity contribution in [2.75, 3.05) is 32.7 Å². The van der Waals surface area contributed by atoms with Crippen molar-refractivity contribution in [1.29, 1.82) is 0 Å². The summed E-state index contributed by atoms with van der Waals surface area (Å²) in [6.07, 6.45) is -6.69. The lowest BCUT2D eigenvalue weighted by atomic mass is 10.0. The van der Waals surface area contributed by atoms with Crippen LogP contribution in [0.25, 0.3) is 0 Å². The van der Waals surface area contributed by atoms with Crippen LogP contribution < -0.4 is 5.32 Å². The van der Waals surface area contributed by atoms with Gasteiger partial charge in [0.25, 0.3) is 0 Å². The highest BCUT2D eigenvalue weighted by atomic mass is 19.4. The molecule has 0 amide bonds. The van der Waals surface area contributed by atoms with Gasteiger partial charge in [0.2, 0.25) is 0 Å². The highest BCUT2D eigenvalue weighted by Crippen LogP contribution is 2.28. The Morgan fingerprint density at radius 3 is 2.27 bits per heavy atom. The first-order valence-electron chi connectivity index (χ1n) is 5.14. The van der Waals surface area contributed by atoms with Crippen molar-refractivity contribution in [2.24, 2.45) is 11.8 Å². The van der Waals surface area contributed by atoms with Gasteiger partial charge in [-0.15, -0.1) is 0 Å². The van der Waals surface area contributed by atoms with Crippen LogP contribution in [0.1, 0.15) is 0 Å². The molecule has 6 heteroatoms. The van der Waals surface area contributed by atoms with Crippen molar-refractivity contribution in [2.45, 2.75) is 12.3 Å². The van der Waals surface area contributed by atoms with Crippen LogP contribution in [-0.4, -0.2) is 55.0 Å². The summed E-state index contributed by atoms with van der Waals surface area (Å²) in [6.45, 7) is 2.85. The minimum atomic E-state index is -4.49. The third-order valence-corrected chi connectivity index (χ3v) is 3.27. The Balaban J connectivity index is 1.82. The van der Waals surface area contributed by atoms with Crippen LogP contribution in [0, 0.1) is 11.8 Å². The molecule has 0 saturated carbocycles. The average molecular weight is 224 g/mol. The number of β-amino-alcohol motifs (C(OH)–C–C–N with tert-alkyl or cyclic N) is 1. The summed E-state index contributed by atoms with van der Waals surface area (Å²) < 4.78 is 36.3. The standard InChI is InChI=1S/C9H15F3N2O/c10-9(11,12)8(15)5-14-3-6-1-13-2-7(6)4-14/h6-8,13,15H,1-5H2/t6-,7+,8?. The van der Waals surface area contributed by atoms with Gasteiger partial charge in [0.15, 0.2) is 6.10 Å². The largest absolute Gasteiger partial charge is 0.415 e. The lowest BCUT2D eigenvalue weighted by Gasteiger charge is -2.22. The molecule has 0 aromatic rings. The predicted octanol–water partition coefficient (Wildman–Crippen LogP) is 0.0608. The van der Waals surface area contributed by atoms with E-state index in [1.807, 2.05) is 0 Å². The Morgan fingerprint density at radius 1 is 1.27 bits per heavy atom. The zero-order valence-electron chi connectivity index (χ0n) is 8.30.